The number of ether oxygens (including phenoxy) is 2. The quantitative estimate of drug-likeness (QED) is 0.359. The van der Waals surface area contributed by atoms with Gasteiger partial charge in [-0.3, -0.25) is 11.3 Å². The smallest absolute Gasteiger partial charge is 0.0868 e. The summed E-state index contributed by atoms with van der Waals surface area (Å²) in [4.78, 5) is 2.27. The number of hydrazine groups is 1. The SMILES string of the molecule is COCCCC(NN)C1CN(C)CCO1. The number of hydrogen-bond acceptors (Lipinski definition) is 5. The van der Waals surface area contributed by atoms with Crippen LogP contribution in [0.5, 0.6) is 0 Å². The second-order valence-corrected chi connectivity index (χ2v) is 4.08. The van der Waals surface area contributed by atoms with E-state index in [9.17, 15) is 0 Å². The van der Waals surface area contributed by atoms with Crippen molar-refractivity contribution >= 4 is 0 Å². The summed E-state index contributed by atoms with van der Waals surface area (Å²) in [5.41, 5.74) is 2.84. The number of hydrogen-bond donors (Lipinski definition) is 2. The summed E-state index contributed by atoms with van der Waals surface area (Å²) in [6.45, 7) is 3.53. The molecule has 1 fully saturated rings. The van der Waals surface area contributed by atoms with Crippen LogP contribution in [0.1, 0.15) is 12.8 Å². The molecule has 1 aliphatic rings. The van der Waals surface area contributed by atoms with Crippen LogP contribution in [0.2, 0.25) is 0 Å². The van der Waals surface area contributed by atoms with Crippen molar-refractivity contribution in [1.82, 2.24) is 10.3 Å². The molecule has 0 aromatic rings. The summed E-state index contributed by atoms with van der Waals surface area (Å²) in [6, 6.07) is 0.225. The minimum Gasteiger partial charge on any atom is -0.385 e. The fraction of sp³-hybridized carbons (Fsp3) is 1.00. The molecular formula is C10H23N3O2. The van der Waals surface area contributed by atoms with Gasteiger partial charge in [-0.25, -0.2) is 0 Å². The van der Waals surface area contributed by atoms with E-state index in [1.54, 1.807) is 7.11 Å². The molecule has 0 amide bonds. The van der Waals surface area contributed by atoms with Gasteiger partial charge in [0.05, 0.1) is 12.7 Å². The van der Waals surface area contributed by atoms with E-state index in [4.69, 9.17) is 15.3 Å². The molecular weight excluding hydrogens is 194 g/mol. The number of likely N-dealkylation sites (N-methyl/N-ethyl adjacent to an activating group) is 1. The van der Waals surface area contributed by atoms with E-state index in [0.29, 0.717) is 0 Å². The molecule has 90 valence electrons. The van der Waals surface area contributed by atoms with Gasteiger partial charge in [-0.15, -0.1) is 0 Å². The predicted octanol–water partition coefficient (Wildman–Crippen LogP) is -0.424. The van der Waals surface area contributed by atoms with Crippen LogP contribution in [0.3, 0.4) is 0 Å². The zero-order chi connectivity index (χ0) is 11.1. The first-order valence-corrected chi connectivity index (χ1v) is 5.53. The molecule has 1 rings (SSSR count). The van der Waals surface area contributed by atoms with Crippen LogP contribution in [0.15, 0.2) is 0 Å². The third-order valence-electron chi connectivity index (χ3n) is 2.82. The number of nitrogens with two attached hydrogens (primary N) is 1. The summed E-state index contributed by atoms with van der Waals surface area (Å²) in [5, 5.41) is 0. The van der Waals surface area contributed by atoms with Crippen LogP contribution in [-0.4, -0.2) is 57.5 Å². The zero-order valence-corrected chi connectivity index (χ0v) is 9.74. The van der Waals surface area contributed by atoms with Crippen LogP contribution in [0.25, 0.3) is 0 Å². The largest absolute Gasteiger partial charge is 0.385 e. The van der Waals surface area contributed by atoms with E-state index in [2.05, 4.69) is 17.4 Å². The maximum Gasteiger partial charge on any atom is 0.0868 e. The van der Waals surface area contributed by atoms with Gasteiger partial charge in [-0.2, -0.15) is 0 Å². The lowest BCUT2D eigenvalue weighted by molar-refractivity contribution is -0.0409. The highest BCUT2D eigenvalue weighted by molar-refractivity contribution is 4.80. The summed E-state index contributed by atoms with van der Waals surface area (Å²) in [7, 11) is 3.83. The second-order valence-electron chi connectivity index (χ2n) is 4.08. The Kier molecular flexibility index (Phi) is 6.12. The second kappa shape index (κ2) is 7.14. The summed E-state index contributed by atoms with van der Waals surface area (Å²) in [6.07, 6.45) is 2.20. The zero-order valence-electron chi connectivity index (χ0n) is 9.74. The van der Waals surface area contributed by atoms with Gasteiger partial charge in [0.25, 0.3) is 0 Å². The molecule has 0 aromatic heterocycles. The highest BCUT2D eigenvalue weighted by Crippen LogP contribution is 2.11. The minimum absolute atomic E-state index is 0.200. The monoisotopic (exact) mass is 217 g/mol. The van der Waals surface area contributed by atoms with Crippen LogP contribution in [0.4, 0.5) is 0 Å². The minimum atomic E-state index is 0.200. The Bertz CT molecular complexity index is 169. The third kappa shape index (κ3) is 4.44. The molecule has 1 aliphatic heterocycles. The molecule has 5 nitrogen and oxygen atoms in total. The molecule has 5 heteroatoms. The fourth-order valence-electron chi connectivity index (χ4n) is 1.88. The Hall–Kier alpha value is -0.200. The number of methoxy groups -OCH3 is 1. The van der Waals surface area contributed by atoms with Gasteiger partial charge < -0.3 is 14.4 Å². The van der Waals surface area contributed by atoms with Gasteiger partial charge in [0.15, 0.2) is 0 Å². The van der Waals surface area contributed by atoms with Crippen molar-refractivity contribution in [3.8, 4) is 0 Å². The van der Waals surface area contributed by atoms with Gasteiger partial charge in [-0.1, -0.05) is 0 Å². The van der Waals surface area contributed by atoms with Crippen molar-refractivity contribution in [1.29, 1.82) is 0 Å². The standard InChI is InChI=1S/C10H23N3O2/c1-13-5-7-15-10(8-13)9(12-11)4-3-6-14-2/h9-10,12H,3-8,11H2,1-2H3. The van der Waals surface area contributed by atoms with E-state index in [1.807, 2.05) is 0 Å². The Balaban J connectivity index is 2.29. The van der Waals surface area contributed by atoms with Crippen molar-refractivity contribution in [3.63, 3.8) is 0 Å². The normalized spacial score (nSPS) is 25.4. The fourth-order valence-corrected chi connectivity index (χ4v) is 1.88. The number of nitrogens with zero attached hydrogens (tertiary/aromatic N) is 1. The van der Waals surface area contributed by atoms with Crippen molar-refractivity contribution in [2.24, 2.45) is 5.84 Å². The number of rotatable bonds is 6. The van der Waals surface area contributed by atoms with Gasteiger partial charge in [0.2, 0.25) is 0 Å². The maximum atomic E-state index is 5.71. The molecule has 1 saturated heterocycles. The molecule has 0 saturated carbocycles. The lowest BCUT2D eigenvalue weighted by Gasteiger charge is -2.34. The predicted molar refractivity (Wildman–Crippen MR) is 59.5 cm³/mol. The Morgan fingerprint density at radius 3 is 3.07 bits per heavy atom. The first-order valence-electron chi connectivity index (χ1n) is 5.53. The molecule has 0 aromatic carbocycles. The van der Waals surface area contributed by atoms with Gasteiger partial charge in [0.1, 0.15) is 0 Å². The highest BCUT2D eigenvalue weighted by Gasteiger charge is 2.25. The third-order valence-corrected chi connectivity index (χ3v) is 2.82. The van der Waals surface area contributed by atoms with Crippen LogP contribution < -0.4 is 11.3 Å². The van der Waals surface area contributed by atoms with Crippen molar-refractivity contribution in [2.45, 2.75) is 25.0 Å². The topological polar surface area (TPSA) is 59.8 Å². The molecule has 3 N–H and O–H groups in total. The Morgan fingerprint density at radius 2 is 2.47 bits per heavy atom. The van der Waals surface area contributed by atoms with E-state index < -0.39 is 0 Å². The van der Waals surface area contributed by atoms with Crippen LogP contribution in [0, 0.1) is 0 Å². The summed E-state index contributed by atoms with van der Waals surface area (Å²) in [5.74, 6) is 5.54. The molecule has 0 aliphatic carbocycles. The average Bonchev–Trinajstić information content (AvgIpc) is 2.24. The molecule has 1 heterocycles. The first kappa shape index (κ1) is 12.9. The Labute approximate surface area is 91.9 Å². The molecule has 0 spiro atoms. The molecule has 0 bridgehead atoms. The molecule has 0 radical (unpaired) electrons. The summed E-state index contributed by atoms with van der Waals surface area (Å²) >= 11 is 0. The molecule has 2 unspecified atom stereocenters. The lowest BCUT2D eigenvalue weighted by atomic mass is 10.0. The Morgan fingerprint density at radius 1 is 1.67 bits per heavy atom. The molecule has 15 heavy (non-hydrogen) atoms. The van der Waals surface area contributed by atoms with E-state index in [1.165, 1.54) is 0 Å². The number of nitrogens with one attached hydrogen (secondary N) is 1. The van der Waals surface area contributed by atoms with E-state index in [-0.39, 0.29) is 12.1 Å². The number of morpholine rings is 1. The summed E-state index contributed by atoms with van der Waals surface area (Å²) < 4.78 is 10.7. The van der Waals surface area contributed by atoms with Crippen LogP contribution in [-0.2, 0) is 9.47 Å². The highest BCUT2D eigenvalue weighted by atomic mass is 16.5. The van der Waals surface area contributed by atoms with E-state index >= 15 is 0 Å². The van der Waals surface area contributed by atoms with Crippen molar-refractivity contribution in [3.05, 3.63) is 0 Å². The lowest BCUT2D eigenvalue weighted by Crippen LogP contribution is -2.53. The first-order chi connectivity index (χ1) is 7.27. The van der Waals surface area contributed by atoms with E-state index in [0.717, 1.165) is 39.1 Å². The van der Waals surface area contributed by atoms with Gasteiger partial charge in [0, 0.05) is 32.8 Å². The van der Waals surface area contributed by atoms with Gasteiger partial charge >= 0.3 is 0 Å². The van der Waals surface area contributed by atoms with Crippen molar-refractivity contribution < 1.29 is 9.47 Å². The van der Waals surface area contributed by atoms with Crippen molar-refractivity contribution in [2.75, 3.05) is 40.5 Å². The van der Waals surface area contributed by atoms with Crippen LogP contribution >= 0.6 is 0 Å². The van der Waals surface area contributed by atoms with Gasteiger partial charge in [-0.05, 0) is 19.9 Å². The molecule has 2 atom stereocenters. The average molecular weight is 217 g/mol. The maximum absolute atomic E-state index is 5.71.